The maximum Gasteiger partial charge on any atom is 0.255 e. The van der Waals surface area contributed by atoms with Gasteiger partial charge in [0.25, 0.3) is 5.91 Å². The predicted molar refractivity (Wildman–Crippen MR) is 76.5 cm³/mol. The molecule has 2 rings (SSSR count). The number of nitrogens with one attached hydrogen (secondary N) is 1. The molecule has 0 radical (unpaired) electrons. The molecule has 0 bridgehead atoms. The molecule has 102 valence electrons. The second-order valence-corrected chi connectivity index (χ2v) is 5.38. The van der Waals surface area contributed by atoms with Gasteiger partial charge >= 0.3 is 0 Å². The number of hydrogen-bond acceptors (Lipinski definition) is 4. The number of pyridine rings is 1. The Balaban J connectivity index is 2.16. The number of nitrogens with zero attached hydrogens (tertiary/aromatic N) is 2. The minimum Gasteiger partial charge on any atom is -0.395 e. The molecule has 0 saturated carbocycles. The van der Waals surface area contributed by atoms with E-state index in [2.05, 4.69) is 10.4 Å². The van der Waals surface area contributed by atoms with Crippen molar-refractivity contribution < 1.29 is 9.90 Å². The second kappa shape index (κ2) is 6.08. The third kappa shape index (κ3) is 2.90. The summed E-state index contributed by atoms with van der Waals surface area (Å²) in [6.07, 6.45) is 5.28. The Bertz CT molecular complexity index is 566. The number of carbonyl (C=O) groups excluding carboxylic acids is 1. The molecule has 0 fully saturated rings. The van der Waals surface area contributed by atoms with Crippen LogP contribution in [0.15, 0.2) is 30.6 Å². The first-order valence-corrected chi connectivity index (χ1v) is 7.33. The molecule has 19 heavy (non-hydrogen) atoms. The summed E-state index contributed by atoms with van der Waals surface area (Å²) in [7, 11) is 0. The molecule has 1 amide bonds. The van der Waals surface area contributed by atoms with E-state index in [-0.39, 0.29) is 23.8 Å². The van der Waals surface area contributed by atoms with Crippen molar-refractivity contribution in [2.75, 3.05) is 12.9 Å². The van der Waals surface area contributed by atoms with Gasteiger partial charge in [0.15, 0.2) is 0 Å². The summed E-state index contributed by atoms with van der Waals surface area (Å²) in [5.74, 6) is -0.166. The zero-order valence-corrected chi connectivity index (χ0v) is 11.7. The molecule has 2 aromatic rings. The maximum atomic E-state index is 12.2. The largest absolute Gasteiger partial charge is 0.395 e. The lowest BCUT2D eigenvalue weighted by Crippen LogP contribution is -2.41. The van der Waals surface area contributed by atoms with Gasteiger partial charge < -0.3 is 10.4 Å². The first-order chi connectivity index (χ1) is 9.17. The number of aliphatic hydroxyl groups excluding tert-OH is 1. The van der Waals surface area contributed by atoms with E-state index in [0.717, 1.165) is 5.52 Å². The van der Waals surface area contributed by atoms with Gasteiger partial charge in [0.2, 0.25) is 0 Å². The Kier molecular flexibility index (Phi) is 4.44. The first kappa shape index (κ1) is 13.9. The topological polar surface area (TPSA) is 66.6 Å². The highest BCUT2D eigenvalue weighted by Gasteiger charge is 2.20. The molecule has 0 spiro atoms. The quantitative estimate of drug-likeness (QED) is 0.862. The fourth-order valence-corrected chi connectivity index (χ4v) is 2.55. The number of amides is 1. The molecule has 0 saturated heterocycles. The van der Waals surface area contributed by atoms with Crippen molar-refractivity contribution in [2.24, 2.45) is 0 Å². The molecule has 5 nitrogen and oxygen atoms in total. The summed E-state index contributed by atoms with van der Waals surface area (Å²) in [5, 5.41) is 16.3. The first-order valence-electron chi connectivity index (χ1n) is 6.04. The second-order valence-electron chi connectivity index (χ2n) is 4.31. The van der Waals surface area contributed by atoms with Crippen LogP contribution in [-0.4, -0.2) is 44.8 Å². The summed E-state index contributed by atoms with van der Waals surface area (Å²) < 4.78 is 1.66. The normalized spacial score (nSPS) is 14.3. The lowest BCUT2D eigenvalue weighted by atomic mass is 10.2. The standard InChI is InChI=1S/C13H17N3O2S/c1-9(12(8-17)19-2)15-13(18)10-7-14-16-6-4-3-5-11(10)16/h3-7,9,12,17H,8H2,1-2H3,(H,15,18). The zero-order valence-electron chi connectivity index (χ0n) is 10.9. The molecule has 2 aromatic heterocycles. The smallest absolute Gasteiger partial charge is 0.255 e. The van der Waals surface area contributed by atoms with E-state index >= 15 is 0 Å². The van der Waals surface area contributed by atoms with Crippen LogP contribution >= 0.6 is 11.8 Å². The number of hydrogen-bond donors (Lipinski definition) is 2. The Morgan fingerprint density at radius 1 is 1.58 bits per heavy atom. The summed E-state index contributed by atoms with van der Waals surface area (Å²) >= 11 is 1.54. The van der Waals surface area contributed by atoms with Gasteiger partial charge in [0, 0.05) is 17.5 Å². The van der Waals surface area contributed by atoms with Gasteiger partial charge in [-0.2, -0.15) is 16.9 Å². The molecular weight excluding hydrogens is 262 g/mol. The molecule has 6 heteroatoms. The number of aromatic nitrogens is 2. The van der Waals surface area contributed by atoms with Crippen LogP contribution in [0.4, 0.5) is 0 Å². The molecule has 2 N–H and O–H groups in total. The Morgan fingerprint density at radius 3 is 3.05 bits per heavy atom. The molecule has 0 aliphatic heterocycles. The third-order valence-corrected chi connectivity index (χ3v) is 4.23. The Morgan fingerprint density at radius 2 is 2.37 bits per heavy atom. The maximum absolute atomic E-state index is 12.2. The van der Waals surface area contributed by atoms with Gasteiger partial charge in [-0.25, -0.2) is 4.52 Å². The molecule has 2 atom stereocenters. The van der Waals surface area contributed by atoms with E-state index in [4.69, 9.17) is 0 Å². The summed E-state index contributed by atoms with van der Waals surface area (Å²) in [5.41, 5.74) is 1.32. The Labute approximate surface area is 116 Å². The Hall–Kier alpha value is -1.53. The molecular formula is C13H17N3O2S. The van der Waals surface area contributed by atoms with Gasteiger partial charge in [0.05, 0.1) is 23.9 Å². The monoisotopic (exact) mass is 279 g/mol. The molecule has 0 aliphatic rings. The van der Waals surface area contributed by atoms with Crippen LogP contribution < -0.4 is 5.32 Å². The highest BCUT2D eigenvalue weighted by Crippen LogP contribution is 2.13. The highest BCUT2D eigenvalue weighted by molar-refractivity contribution is 7.99. The zero-order chi connectivity index (χ0) is 13.8. The van der Waals surface area contributed by atoms with Gasteiger partial charge in [-0.15, -0.1) is 0 Å². The van der Waals surface area contributed by atoms with Crippen molar-refractivity contribution in [3.63, 3.8) is 0 Å². The third-order valence-electron chi connectivity index (χ3n) is 3.07. The van der Waals surface area contributed by atoms with Crippen LogP contribution in [0.1, 0.15) is 17.3 Å². The summed E-state index contributed by atoms with van der Waals surface area (Å²) in [6.45, 7) is 1.93. The number of fused-ring (bicyclic) bond motifs is 1. The SMILES string of the molecule is CSC(CO)C(C)NC(=O)c1cnn2ccccc12. The van der Waals surface area contributed by atoms with Crippen LogP contribution in [0.3, 0.4) is 0 Å². The molecule has 2 unspecified atom stereocenters. The lowest BCUT2D eigenvalue weighted by molar-refractivity contribution is 0.0937. The van der Waals surface area contributed by atoms with E-state index in [1.165, 1.54) is 11.8 Å². The minimum atomic E-state index is -0.166. The van der Waals surface area contributed by atoms with E-state index in [9.17, 15) is 9.90 Å². The van der Waals surface area contributed by atoms with Crippen molar-refractivity contribution >= 4 is 23.2 Å². The van der Waals surface area contributed by atoms with Crippen molar-refractivity contribution in [1.82, 2.24) is 14.9 Å². The minimum absolute atomic E-state index is 0.00853. The number of carbonyl (C=O) groups is 1. The van der Waals surface area contributed by atoms with E-state index in [1.54, 1.807) is 16.9 Å². The number of thioether (sulfide) groups is 1. The van der Waals surface area contributed by atoms with Crippen molar-refractivity contribution in [2.45, 2.75) is 18.2 Å². The number of aliphatic hydroxyl groups is 1. The predicted octanol–water partition coefficient (Wildman–Crippen LogP) is 1.18. The van der Waals surface area contributed by atoms with Crippen molar-refractivity contribution in [3.8, 4) is 0 Å². The van der Waals surface area contributed by atoms with E-state index in [0.29, 0.717) is 5.56 Å². The van der Waals surface area contributed by atoms with Gasteiger partial charge in [0.1, 0.15) is 0 Å². The van der Waals surface area contributed by atoms with E-state index < -0.39 is 0 Å². The molecule has 0 aliphatic carbocycles. The van der Waals surface area contributed by atoms with E-state index in [1.807, 2.05) is 31.4 Å². The lowest BCUT2D eigenvalue weighted by Gasteiger charge is -2.20. The van der Waals surface area contributed by atoms with Crippen LogP contribution in [0.5, 0.6) is 0 Å². The van der Waals surface area contributed by atoms with Crippen LogP contribution in [-0.2, 0) is 0 Å². The van der Waals surface area contributed by atoms with Crippen LogP contribution in [0.25, 0.3) is 5.52 Å². The highest BCUT2D eigenvalue weighted by atomic mass is 32.2. The fraction of sp³-hybridized carbons (Fsp3) is 0.385. The summed E-state index contributed by atoms with van der Waals surface area (Å²) in [4.78, 5) is 12.2. The van der Waals surface area contributed by atoms with Gasteiger partial charge in [-0.3, -0.25) is 4.79 Å². The van der Waals surface area contributed by atoms with Gasteiger partial charge in [-0.05, 0) is 25.3 Å². The summed E-state index contributed by atoms with van der Waals surface area (Å²) in [6, 6.07) is 5.48. The van der Waals surface area contributed by atoms with Crippen molar-refractivity contribution in [3.05, 3.63) is 36.2 Å². The van der Waals surface area contributed by atoms with Gasteiger partial charge in [-0.1, -0.05) is 6.07 Å². The number of rotatable bonds is 5. The molecule has 0 aromatic carbocycles. The van der Waals surface area contributed by atoms with Crippen molar-refractivity contribution in [1.29, 1.82) is 0 Å². The van der Waals surface area contributed by atoms with Crippen LogP contribution in [0, 0.1) is 0 Å². The molecule has 2 heterocycles. The van der Waals surface area contributed by atoms with Crippen LogP contribution in [0.2, 0.25) is 0 Å². The average Bonchev–Trinajstić information content (AvgIpc) is 2.84. The average molecular weight is 279 g/mol. The fourth-order valence-electron chi connectivity index (χ4n) is 1.92.